The Labute approximate surface area is 41.7 Å². The monoisotopic (exact) mass is 114 g/mol. The second-order valence-electron chi connectivity index (χ2n) is 0.417. The quantitative estimate of drug-likeness (QED) is 0.469. The molecule has 0 amide bonds. The molecule has 0 saturated heterocycles. The smallest absolute Gasteiger partial charge is 0.163 e. The highest BCUT2D eigenvalue weighted by atomic mass is 35.5. The molecule has 0 atom stereocenters. The Bertz CT molecular complexity index is 12.8. The maximum absolute atomic E-state index is 10.1. The highest BCUT2D eigenvalue weighted by Gasteiger charge is 1.43. The van der Waals surface area contributed by atoms with Gasteiger partial charge in [0.2, 0.25) is 0 Å². The van der Waals surface area contributed by atoms with Gasteiger partial charge < -0.3 is 5.11 Å². The molecule has 0 saturated carbocycles. The molecule has 0 aromatic carbocycles. The number of rotatable bonds is 0. The summed E-state index contributed by atoms with van der Waals surface area (Å²) in [5.41, 5.74) is 0. The molecule has 0 aliphatic carbocycles. The molecule has 0 fully saturated rings. The summed E-state index contributed by atoms with van der Waals surface area (Å²) in [6.07, 6.45) is -0.778. The van der Waals surface area contributed by atoms with Crippen LogP contribution in [0.15, 0.2) is 0 Å². The summed E-state index contributed by atoms with van der Waals surface area (Å²) < 4.78 is 10.1. The highest BCUT2D eigenvalue weighted by molar-refractivity contribution is 6.16. The van der Waals surface area contributed by atoms with Gasteiger partial charge in [0.25, 0.3) is 0 Å². The normalized spacial score (nSPS) is 6.00. The van der Waals surface area contributed by atoms with Crippen LogP contribution in [0.4, 0.5) is 4.39 Å². The summed E-state index contributed by atoms with van der Waals surface area (Å²) in [5.74, 6) is 0. The first kappa shape index (κ1) is 9.49. The van der Waals surface area contributed by atoms with E-state index in [1.807, 2.05) is 0 Å². The number of halogens is 2. The Morgan fingerprint density at radius 3 is 1.83 bits per heavy atom. The van der Waals surface area contributed by atoms with Gasteiger partial charge >= 0.3 is 0 Å². The van der Waals surface area contributed by atoms with E-state index in [1.165, 1.54) is 0 Å². The molecule has 1 N–H and O–H groups in total. The van der Waals surface area contributed by atoms with E-state index in [4.69, 9.17) is 5.11 Å². The Morgan fingerprint density at radius 1 is 1.83 bits per heavy atom. The van der Waals surface area contributed by atoms with E-state index in [2.05, 4.69) is 11.6 Å². The third-order valence-corrected chi connectivity index (χ3v) is 0. The fourth-order valence-electron chi connectivity index (χ4n) is 0. The van der Waals surface area contributed by atoms with Crippen molar-refractivity contribution in [1.82, 2.24) is 0 Å². The van der Waals surface area contributed by atoms with Crippen molar-refractivity contribution in [2.75, 3.05) is 12.7 Å². The van der Waals surface area contributed by atoms with Gasteiger partial charge in [-0.1, -0.05) is 11.6 Å². The topological polar surface area (TPSA) is 20.2 Å². The Hall–Kier alpha value is 0.180. The van der Waals surface area contributed by atoms with Gasteiger partial charge in [0.05, 0.1) is 0 Å². The molecule has 0 spiro atoms. The zero-order valence-electron chi connectivity index (χ0n) is 3.62. The molecular formula is C3H8ClFO. The van der Waals surface area contributed by atoms with Crippen molar-refractivity contribution in [1.29, 1.82) is 0 Å². The molecule has 0 aromatic heterocycles. The summed E-state index contributed by atoms with van der Waals surface area (Å²) in [5, 5.41) is 7.57. The van der Waals surface area contributed by atoms with Crippen LogP contribution in [0.25, 0.3) is 0 Å². The molecule has 0 bridgehead atoms. The fourth-order valence-corrected chi connectivity index (χ4v) is 0. The van der Waals surface area contributed by atoms with Gasteiger partial charge in [0, 0.05) is 6.61 Å². The molecule has 3 heteroatoms. The van der Waals surface area contributed by atoms with Gasteiger partial charge in [-0.15, -0.1) is 0 Å². The van der Waals surface area contributed by atoms with E-state index in [1.54, 1.807) is 6.92 Å². The third kappa shape index (κ3) is 1300. The number of hydrogen-bond donors (Lipinski definition) is 1. The van der Waals surface area contributed by atoms with Crippen LogP contribution >= 0.6 is 11.6 Å². The van der Waals surface area contributed by atoms with Crippen LogP contribution in [0.2, 0.25) is 0 Å². The maximum atomic E-state index is 10.1. The molecule has 0 radical (unpaired) electrons. The number of hydrogen-bond acceptors (Lipinski definition) is 1. The summed E-state index contributed by atoms with van der Waals surface area (Å²) >= 11 is 4.33. The van der Waals surface area contributed by atoms with Crippen LogP contribution in [-0.2, 0) is 0 Å². The van der Waals surface area contributed by atoms with Crippen molar-refractivity contribution in [3.63, 3.8) is 0 Å². The number of alkyl halides is 2. The molecular weight excluding hydrogens is 106 g/mol. The molecule has 0 aliphatic rings. The summed E-state index contributed by atoms with van der Waals surface area (Å²) in [4.78, 5) is 0. The minimum absolute atomic E-state index is 0.250. The van der Waals surface area contributed by atoms with Crippen LogP contribution in [0.1, 0.15) is 6.92 Å². The SMILES string of the molecule is CCO.FCCl. The first-order chi connectivity index (χ1) is 2.83. The van der Waals surface area contributed by atoms with Crippen LogP contribution in [0, 0.1) is 0 Å². The van der Waals surface area contributed by atoms with Crippen molar-refractivity contribution in [2.45, 2.75) is 6.92 Å². The van der Waals surface area contributed by atoms with E-state index < -0.39 is 6.13 Å². The van der Waals surface area contributed by atoms with Gasteiger partial charge in [-0.25, -0.2) is 4.39 Å². The van der Waals surface area contributed by atoms with E-state index in [0.717, 1.165) is 0 Å². The Balaban J connectivity index is 0. The van der Waals surface area contributed by atoms with Gasteiger partial charge in [-0.2, -0.15) is 0 Å². The first-order valence-corrected chi connectivity index (χ1v) is 2.09. The second-order valence-corrected chi connectivity index (χ2v) is 0.619. The van der Waals surface area contributed by atoms with E-state index in [0.29, 0.717) is 0 Å². The van der Waals surface area contributed by atoms with Crippen molar-refractivity contribution in [3.8, 4) is 0 Å². The number of aliphatic hydroxyl groups is 1. The fraction of sp³-hybridized carbons (Fsp3) is 1.00. The van der Waals surface area contributed by atoms with Gasteiger partial charge in [0.1, 0.15) is 0 Å². The molecule has 0 unspecified atom stereocenters. The minimum atomic E-state index is -0.778. The molecule has 6 heavy (non-hydrogen) atoms. The lowest BCUT2D eigenvalue weighted by molar-refractivity contribution is 0.318. The van der Waals surface area contributed by atoms with Crippen molar-refractivity contribution in [3.05, 3.63) is 0 Å². The van der Waals surface area contributed by atoms with Crippen molar-refractivity contribution >= 4 is 11.6 Å². The number of aliphatic hydroxyl groups excluding tert-OH is 1. The lowest BCUT2D eigenvalue weighted by Gasteiger charge is -1.52. The largest absolute Gasteiger partial charge is 0.397 e. The van der Waals surface area contributed by atoms with Gasteiger partial charge in [0.15, 0.2) is 6.13 Å². The predicted molar refractivity (Wildman–Crippen MR) is 24.6 cm³/mol. The second kappa shape index (κ2) is 19.0. The predicted octanol–water partition coefficient (Wildman–Crippen LogP) is 1.15. The highest BCUT2D eigenvalue weighted by Crippen LogP contribution is 1.65. The summed E-state index contributed by atoms with van der Waals surface area (Å²) in [7, 11) is 0. The average Bonchev–Trinajstić information content (AvgIpc) is 1.39. The summed E-state index contributed by atoms with van der Waals surface area (Å²) in [6.45, 7) is 1.93. The first-order valence-electron chi connectivity index (χ1n) is 1.56. The molecule has 1 nitrogen and oxygen atoms in total. The van der Waals surface area contributed by atoms with Crippen molar-refractivity contribution in [2.24, 2.45) is 0 Å². The Morgan fingerprint density at radius 2 is 1.83 bits per heavy atom. The van der Waals surface area contributed by atoms with E-state index >= 15 is 0 Å². The maximum Gasteiger partial charge on any atom is 0.163 e. The molecule has 0 heterocycles. The van der Waals surface area contributed by atoms with Crippen molar-refractivity contribution < 1.29 is 9.50 Å². The lowest BCUT2D eigenvalue weighted by Crippen LogP contribution is -1.57. The van der Waals surface area contributed by atoms with Crippen LogP contribution in [0.3, 0.4) is 0 Å². The average molecular weight is 115 g/mol. The molecule has 0 aromatic rings. The van der Waals surface area contributed by atoms with Gasteiger partial charge in [-0.05, 0) is 6.92 Å². The van der Waals surface area contributed by atoms with E-state index in [-0.39, 0.29) is 6.61 Å². The van der Waals surface area contributed by atoms with E-state index in [9.17, 15) is 4.39 Å². The van der Waals surface area contributed by atoms with Crippen LogP contribution < -0.4 is 0 Å². The van der Waals surface area contributed by atoms with Crippen LogP contribution in [-0.4, -0.2) is 17.8 Å². The third-order valence-electron chi connectivity index (χ3n) is 0. The molecule has 40 valence electrons. The summed E-state index contributed by atoms with van der Waals surface area (Å²) in [6, 6.07) is 0. The zero-order valence-corrected chi connectivity index (χ0v) is 4.37. The Kier molecular flexibility index (Phi) is 30.1. The molecule has 0 aliphatic heterocycles. The van der Waals surface area contributed by atoms with Crippen LogP contribution in [0.5, 0.6) is 0 Å². The zero-order chi connectivity index (χ0) is 5.41. The minimum Gasteiger partial charge on any atom is -0.397 e. The lowest BCUT2D eigenvalue weighted by atomic mass is 10.9. The standard InChI is InChI=1S/C2H6O.CH2ClF/c1-2-3;2-1-3/h3H,2H2,1H3;1H2. The molecule has 0 rings (SSSR count). The van der Waals surface area contributed by atoms with Gasteiger partial charge in [-0.3, -0.25) is 0 Å².